The number of hydrogen-bond acceptors (Lipinski definition) is 3. The van der Waals surface area contributed by atoms with Gasteiger partial charge in [-0.15, -0.1) is 0 Å². The molecule has 5 rings (SSSR count). The van der Waals surface area contributed by atoms with Gasteiger partial charge < -0.3 is 0 Å². The van der Waals surface area contributed by atoms with E-state index in [1.54, 1.807) is 24.3 Å². The van der Waals surface area contributed by atoms with Crippen molar-refractivity contribution in [3.63, 3.8) is 0 Å². The predicted molar refractivity (Wildman–Crippen MR) is 114 cm³/mol. The standard InChI is InChI=1S/C25H15F2N3/c26-19-12-8-17(9-13-19)23-28-24(18-10-14-20(27)15-11-18)30-25(29-23)22-7-3-5-16-4-1-2-6-21(16)22/h1-15H. The summed E-state index contributed by atoms with van der Waals surface area (Å²) in [6, 6.07) is 25.9. The number of halogens is 2. The van der Waals surface area contributed by atoms with Gasteiger partial charge in [-0.3, -0.25) is 0 Å². The third-order valence-corrected chi connectivity index (χ3v) is 4.87. The Bertz CT molecular complexity index is 1280. The third-order valence-electron chi connectivity index (χ3n) is 4.87. The summed E-state index contributed by atoms with van der Waals surface area (Å²) in [6.07, 6.45) is 0. The van der Waals surface area contributed by atoms with Gasteiger partial charge in [-0.25, -0.2) is 23.7 Å². The molecule has 5 heteroatoms. The van der Waals surface area contributed by atoms with Gasteiger partial charge in [0, 0.05) is 16.7 Å². The van der Waals surface area contributed by atoms with Crippen LogP contribution < -0.4 is 0 Å². The average Bonchev–Trinajstić information content (AvgIpc) is 2.79. The number of rotatable bonds is 3. The van der Waals surface area contributed by atoms with Gasteiger partial charge in [0.15, 0.2) is 17.5 Å². The van der Waals surface area contributed by atoms with Crippen LogP contribution in [0, 0.1) is 11.6 Å². The topological polar surface area (TPSA) is 38.7 Å². The van der Waals surface area contributed by atoms with E-state index >= 15 is 0 Å². The average molecular weight is 395 g/mol. The van der Waals surface area contributed by atoms with Crippen LogP contribution >= 0.6 is 0 Å². The largest absolute Gasteiger partial charge is 0.208 e. The van der Waals surface area contributed by atoms with Crippen LogP contribution in [0.25, 0.3) is 44.9 Å². The van der Waals surface area contributed by atoms with Crippen LogP contribution in [0.5, 0.6) is 0 Å². The number of fused-ring (bicyclic) bond motifs is 1. The van der Waals surface area contributed by atoms with E-state index < -0.39 is 0 Å². The molecule has 1 aromatic heterocycles. The van der Waals surface area contributed by atoms with E-state index in [0.29, 0.717) is 28.6 Å². The summed E-state index contributed by atoms with van der Waals surface area (Å²) < 4.78 is 26.8. The van der Waals surface area contributed by atoms with E-state index in [2.05, 4.69) is 15.0 Å². The zero-order valence-corrected chi connectivity index (χ0v) is 15.8. The van der Waals surface area contributed by atoms with Crippen molar-refractivity contribution < 1.29 is 8.78 Å². The van der Waals surface area contributed by atoms with E-state index in [1.165, 1.54) is 24.3 Å². The Morgan fingerprint density at radius 3 is 1.57 bits per heavy atom. The normalized spacial score (nSPS) is 11.0. The molecular weight excluding hydrogens is 380 g/mol. The Morgan fingerprint density at radius 2 is 0.967 bits per heavy atom. The summed E-state index contributed by atoms with van der Waals surface area (Å²) in [5, 5.41) is 2.09. The minimum atomic E-state index is -0.333. The molecule has 0 radical (unpaired) electrons. The molecule has 0 atom stereocenters. The summed E-state index contributed by atoms with van der Waals surface area (Å²) >= 11 is 0. The molecule has 0 aliphatic rings. The van der Waals surface area contributed by atoms with Crippen molar-refractivity contribution >= 4 is 10.8 Å². The first-order valence-electron chi connectivity index (χ1n) is 9.43. The van der Waals surface area contributed by atoms with E-state index in [0.717, 1.165) is 16.3 Å². The first kappa shape index (κ1) is 18.1. The maximum atomic E-state index is 13.4. The number of nitrogens with zero attached hydrogens (tertiary/aromatic N) is 3. The maximum Gasteiger partial charge on any atom is 0.164 e. The zero-order chi connectivity index (χ0) is 20.5. The van der Waals surface area contributed by atoms with Crippen LogP contribution in [0.4, 0.5) is 8.78 Å². The lowest BCUT2D eigenvalue weighted by Crippen LogP contribution is -2.00. The second-order valence-electron chi connectivity index (χ2n) is 6.85. The molecule has 0 saturated carbocycles. The molecule has 0 aliphatic carbocycles. The number of benzene rings is 4. The lowest BCUT2D eigenvalue weighted by Gasteiger charge is -2.10. The van der Waals surface area contributed by atoms with Gasteiger partial charge in [0.1, 0.15) is 11.6 Å². The summed E-state index contributed by atoms with van der Waals surface area (Å²) in [7, 11) is 0. The number of hydrogen-bond donors (Lipinski definition) is 0. The molecular formula is C25H15F2N3. The molecule has 3 nitrogen and oxygen atoms in total. The van der Waals surface area contributed by atoms with Gasteiger partial charge in [-0.1, -0.05) is 42.5 Å². The second-order valence-corrected chi connectivity index (χ2v) is 6.85. The molecule has 0 fully saturated rings. The highest BCUT2D eigenvalue weighted by molar-refractivity contribution is 5.95. The Kier molecular flexibility index (Phi) is 4.48. The molecule has 0 aliphatic heterocycles. The SMILES string of the molecule is Fc1ccc(-c2nc(-c3ccc(F)cc3)nc(-c3cccc4ccccc34)n2)cc1. The third kappa shape index (κ3) is 3.42. The minimum absolute atomic E-state index is 0.333. The van der Waals surface area contributed by atoms with Crippen molar-refractivity contribution in [2.45, 2.75) is 0 Å². The Morgan fingerprint density at radius 1 is 0.467 bits per heavy atom. The Labute approximate surface area is 171 Å². The molecule has 0 bridgehead atoms. The van der Waals surface area contributed by atoms with Crippen molar-refractivity contribution in [2.24, 2.45) is 0 Å². The van der Waals surface area contributed by atoms with Crippen LogP contribution in [0.1, 0.15) is 0 Å². The van der Waals surface area contributed by atoms with Crippen LogP contribution in [0.2, 0.25) is 0 Å². The molecule has 1 heterocycles. The molecule has 0 unspecified atom stereocenters. The summed E-state index contributed by atoms with van der Waals surface area (Å²) in [5.74, 6) is 0.682. The van der Waals surface area contributed by atoms with E-state index in [-0.39, 0.29) is 11.6 Å². The zero-order valence-electron chi connectivity index (χ0n) is 15.8. The fraction of sp³-hybridized carbons (Fsp3) is 0. The van der Waals surface area contributed by atoms with E-state index in [4.69, 9.17) is 0 Å². The fourth-order valence-electron chi connectivity index (χ4n) is 3.37. The molecule has 0 saturated heterocycles. The molecule has 5 aromatic rings. The quantitative estimate of drug-likeness (QED) is 0.360. The maximum absolute atomic E-state index is 13.4. The Balaban J connectivity index is 1.75. The first-order chi connectivity index (χ1) is 14.7. The molecule has 0 N–H and O–H groups in total. The van der Waals surface area contributed by atoms with Crippen LogP contribution in [-0.2, 0) is 0 Å². The number of aromatic nitrogens is 3. The second kappa shape index (κ2) is 7.44. The molecule has 144 valence electrons. The summed E-state index contributed by atoms with van der Waals surface area (Å²) in [5.41, 5.74) is 2.20. The molecule has 0 spiro atoms. The van der Waals surface area contributed by atoms with Crippen molar-refractivity contribution in [3.05, 3.63) is 103 Å². The summed E-state index contributed by atoms with van der Waals surface area (Å²) in [4.78, 5) is 13.9. The smallest absolute Gasteiger partial charge is 0.164 e. The van der Waals surface area contributed by atoms with Gasteiger partial charge in [0.25, 0.3) is 0 Å². The van der Waals surface area contributed by atoms with Gasteiger partial charge in [-0.05, 0) is 59.3 Å². The van der Waals surface area contributed by atoms with Gasteiger partial charge in [-0.2, -0.15) is 0 Å². The van der Waals surface area contributed by atoms with Gasteiger partial charge >= 0.3 is 0 Å². The predicted octanol–water partition coefficient (Wildman–Crippen LogP) is 6.30. The monoisotopic (exact) mass is 395 g/mol. The lowest BCUT2D eigenvalue weighted by molar-refractivity contribution is 0.627. The molecule has 4 aromatic carbocycles. The summed E-state index contributed by atoms with van der Waals surface area (Å²) in [6.45, 7) is 0. The molecule has 30 heavy (non-hydrogen) atoms. The van der Waals surface area contributed by atoms with Gasteiger partial charge in [0.05, 0.1) is 0 Å². The van der Waals surface area contributed by atoms with E-state index in [9.17, 15) is 8.78 Å². The van der Waals surface area contributed by atoms with Gasteiger partial charge in [0.2, 0.25) is 0 Å². The van der Waals surface area contributed by atoms with Crippen molar-refractivity contribution in [2.75, 3.05) is 0 Å². The van der Waals surface area contributed by atoms with Crippen molar-refractivity contribution in [1.82, 2.24) is 15.0 Å². The van der Waals surface area contributed by atoms with Crippen LogP contribution in [-0.4, -0.2) is 15.0 Å². The van der Waals surface area contributed by atoms with Crippen molar-refractivity contribution in [1.29, 1.82) is 0 Å². The highest BCUT2D eigenvalue weighted by atomic mass is 19.1. The van der Waals surface area contributed by atoms with Crippen LogP contribution in [0.3, 0.4) is 0 Å². The van der Waals surface area contributed by atoms with E-state index in [1.807, 2.05) is 42.5 Å². The fourth-order valence-corrected chi connectivity index (χ4v) is 3.37. The first-order valence-corrected chi connectivity index (χ1v) is 9.43. The lowest BCUT2D eigenvalue weighted by atomic mass is 10.0. The van der Waals surface area contributed by atoms with Crippen LogP contribution in [0.15, 0.2) is 91.0 Å². The minimum Gasteiger partial charge on any atom is -0.208 e. The Hall–Kier alpha value is -3.99. The highest BCUT2D eigenvalue weighted by Crippen LogP contribution is 2.29. The van der Waals surface area contributed by atoms with Crippen molar-refractivity contribution in [3.8, 4) is 34.2 Å². The molecule has 0 amide bonds. The highest BCUT2D eigenvalue weighted by Gasteiger charge is 2.14.